The number of nitrogens with one attached hydrogen (secondary N) is 1. The van der Waals surface area contributed by atoms with E-state index in [9.17, 15) is 4.55 Å². The highest BCUT2D eigenvalue weighted by Crippen LogP contribution is 2.29. The lowest BCUT2D eigenvalue weighted by Crippen LogP contribution is -2.40. The van der Waals surface area contributed by atoms with Crippen molar-refractivity contribution in [3.63, 3.8) is 0 Å². The van der Waals surface area contributed by atoms with Gasteiger partial charge in [-0.25, -0.2) is 0 Å². The maximum atomic E-state index is 12.2. The molecule has 0 saturated carbocycles. The first kappa shape index (κ1) is 14.9. The molecule has 1 aliphatic rings. The van der Waals surface area contributed by atoms with Crippen LogP contribution in [0.4, 0.5) is 0 Å². The molecule has 1 N–H and O–H groups in total. The van der Waals surface area contributed by atoms with Gasteiger partial charge in [0.05, 0.1) is 6.04 Å². The minimum Gasteiger partial charge on any atom is -0.598 e. The predicted molar refractivity (Wildman–Crippen MR) is 82.5 cm³/mol. The van der Waals surface area contributed by atoms with Crippen LogP contribution in [-0.4, -0.2) is 9.30 Å². The van der Waals surface area contributed by atoms with Gasteiger partial charge in [0, 0.05) is 11.4 Å². The van der Waals surface area contributed by atoms with Crippen LogP contribution in [0.2, 0.25) is 0 Å². The summed E-state index contributed by atoms with van der Waals surface area (Å²) < 4.78 is 15.3. The van der Waals surface area contributed by atoms with Crippen LogP contribution in [0.15, 0.2) is 18.2 Å². The maximum Gasteiger partial charge on any atom is 0.136 e. The average molecular weight is 279 g/mol. The Bertz CT molecular complexity index is 439. The molecule has 3 heteroatoms. The number of rotatable bonds is 3. The largest absolute Gasteiger partial charge is 0.598 e. The van der Waals surface area contributed by atoms with Gasteiger partial charge in [0.15, 0.2) is 0 Å². The first-order chi connectivity index (χ1) is 8.89. The quantitative estimate of drug-likeness (QED) is 0.857. The molecule has 1 unspecified atom stereocenters. The van der Waals surface area contributed by atoms with Crippen LogP contribution in [0.25, 0.3) is 0 Å². The van der Waals surface area contributed by atoms with Crippen molar-refractivity contribution in [2.75, 3.05) is 0 Å². The Balaban J connectivity index is 2.18. The molecule has 2 atom stereocenters. The summed E-state index contributed by atoms with van der Waals surface area (Å²) >= 11 is -1.02. The zero-order valence-electron chi connectivity index (χ0n) is 12.5. The fourth-order valence-electron chi connectivity index (χ4n) is 2.62. The average Bonchev–Trinajstić information content (AvgIpc) is 2.36. The van der Waals surface area contributed by atoms with Gasteiger partial charge in [0.1, 0.15) is 4.75 Å². The Morgan fingerprint density at radius 1 is 1.21 bits per heavy atom. The van der Waals surface area contributed by atoms with Gasteiger partial charge < -0.3 is 4.55 Å². The third kappa shape index (κ3) is 3.53. The van der Waals surface area contributed by atoms with Crippen molar-refractivity contribution in [2.24, 2.45) is 0 Å². The van der Waals surface area contributed by atoms with E-state index in [0.717, 1.165) is 0 Å². The van der Waals surface area contributed by atoms with Crippen molar-refractivity contribution in [2.45, 2.75) is 64.2 Å². The first-order valence-corrected chi connectivity index (χ1v) is 8.33. The lowest BCUT2D eigenvalue weighted by Gasteiger charge is -2.28. The summed E-state index contributed by atoms with van der Waals surface area (Å²) in [5.41, 5.74) is 4.30. The Morgan fingerprint density at radius 3 is 2.58 bits per heavy atom. The van der Waals surface area contributed by atoms with Crippen molar-refractivity contribution in [1.29, 1.82) is 0 Å². The van der Waals surface area contributed by atoms with E-state index in [1.807, 2.05) is 20.8 Å². The number of aryl methyl sites for hydroxylation is 1. The molecule has 19 heavy (non-hydrogen) atoms. The summed E-state index contributed by atoms with van der Waals surface area (Å²) in [6.07, 6.45) is 4.93. The molecule has 0 aliphatic heterocycles. The summed E-state index contributed by atoms with van der Waals surface area (Å²) in [4.78, 5) is 0. The highest BCUT2D eigenvalue weighted by atomic mass is 32.2. The first-order valence-electron chi connectivity index (χ1n) is 7.18. The molecule has 0 fully saturated rings. The highest BCUT2D eigenvalue weighted by molar-refractivity contribution is 7.90. The molecule has 2 nitrogen and oxygen atoms in total. The predicted octanol–water partition coefficient (Wildman–Crippen LogP) is 3.68. The monoisotopic (exact) mass is 279 g/mol. The number of fused-ring (bicyclic) bond motifs is 1. The highest BCUT2D eigenvalue weighted by Gasteiger charge is 2.29. The summed E-state index contributed by atoms with van der Waals surface area (Å²) in [5.74, 6) is 0. The van der Waals surface area contributed by atoms with Gasteiger partial charge in [-0.05, 0) is 70.1 Å². The molecule has 2 rings (SSSR count). The van der Waals surface area contributed by atoms with E-state index < -0.39 is 11.4 Å². The van der Waals surface area contributed by atoms with E-state index in [-0.39, 0.29) is 10.8 Å². The maximum absolute atomic E-state index is 12.2. The molecule has 0 spiro atoms. The summed E-state index contributed by atoms with van der Waals surface area (Å²) in [5, 5.41) is 0. The lowest BCUT2D eigenvalue weighted by atomic mass is 9.86. The van der Waals surface area contributed by atoms with Crippen LogP contribution in [0.5, 0.6) is 0 Å². The molecule has 0 amide bonds. The zero-order valence-corrected chi connectivity index (χ0v) is 13.3. The van der Waals surface area contributed by atoms with Gasteiger partial charge in [-0.15, -0.1) is 4.72 Å². The molecule has 1 aliphatic carbocycles. The van der Waals surface area contributed by atoms with Crippen LogP contribution < -0.4 is 4.72 Å². The molecular formula is C16H25NOS. The van der Waals surface area contributed by atoms with E-state index in [0.29, 0.717) is 0 Å². The van der Waals surface area contributed by atoms with Crippen molar-refractivity contribution in [3.8, 4) is 0 Å². The summed E-state index contributed by atoms with van der Waals surface area (Å²) in [6, 6.07) is 6.71. The minimum atomic E-state index is -1.02. The van der Waals surface area contributed by atoms with Gasteiger partial charge in [0.2, 0.25) is 0 Å². The lowest BCUT2D eigenvalue weighted by molar-refractivity contribution is 0.529. The standard InChI is InChI=1S/C16H25NOS/c1-12(17-19(18)16(2,3)4)14-11-7-9-13-8-5-6-10-15(13)14/h7,9,11-12,17H,5-6,8,10H2,1-4H3/t12-,19?/m0/s1. The molecule has 0 aromatic heterocycles. The van der Waals surface area contributed by atoms with Crippen LogP contribution in [0, 0.1) is 0 Å². The molecule has 1 aromatic rings. The molecule has 0 radical (unpaired) electrons. The van der Waals surface area contributed by atoms with Crippen molar-refractivity contribution in [3.05, 3.63) is 34.9 Å². The molecule has 1 aromatic carbocycles. The van der Waals surface area contributed by atoms with E-state index in [1.165, 1.54) is 42.4 Å². The van der Waals surface area contributed by atoms with Crippen molar-refractivity contribution < 1.29 is 4.55 Å². The summed E-state index contributed by atoms with van der Waals surface area (Å²) in [7, 11) is 0. The second kappa shape index (κ2) is 5.86. The van der Waals surface area contributed by atoms with Gasteiger partial charge in [0.25, 0.3) is 0 Å². The molecule has 0 bridgehead atoms. The Hall–Kier alpha value is -0.510. The van der Waals surface area contributed by atoms with Crippen LogP contribution in [-0.2, 0) is 24.2 Å². The van der Waals surface area contributed by atoms with E-state index in [4.69, 9.17) is 0 Å². The Morgan fingerprint density at radius 2 is 1.89 bits per heavy atom. The smallest absolute Gasteiger partial charge is 0.136 e. The Labute approximate surface area is 120 Å². The second-order valence-corrected chi connectivity index (χ2v) is 8.41. The summed E-state index contributed by atoms with van der Waals surface area (Å²) in [6.45, 7) is 8.13. The number of hydrogen-bond donors (Lipinski definition) is 1. The van der Waals surface area contributed by atoms with E-state index in [2.05, 4.69) is 29.8 Å². The van der Waals surface area contributed by atoms with E-state index >= 15 is 0 Å². The van der Waals surface area contributed by atoms with Gasteiger partial charge >= 0.3 is 0 Å². The van der Waals surface area contributed by atoms with Crippen molar-refractivity contribution in [1.82, 2.24) is 4.72 Å². The number of benzene rings is 1. The topological polar surface area (TPSA) is 35.1 Å². The fourth-order valence-corrected chi connectivity index (χ4v) is 3.42. The normalized spacial score (nSPS) is 18.8. The fraction of sp³-hybridized carbons (Fsp3) is 0.625. The SMILES string of the molecule is C[C@H](N[S+]([O-])C(C)(C)C)c1cccc2c1CCCC2. The third-order valence-corrected chi connectivity index (χ3v) is 5.42. The van der Waals surface area contributed by atoms with Crippen LogP contribution in [0.1, 0.15) is 63.3 Å². The van der Waals surface area contributed by atoms with E-state index in [1.54, 1.807) is 0 Å². The number of hydrogen-bond acceptors (Lipinski definition) is 2. The third-order valence-electron chi connectivity index (χ3n) is 3.74. The molecule has 0 saturated heterocycles. The van der Waals surface area contributed by atoms with Gasteiger partial charge in [-0.2, -0.15) is 0 Å². The molecule has 106 valence electrons. The Kier molecular flexibility index (Phi) is 4.59. The second-order valence-electron chi connectivity index (χ2n) is 6.41. The zero-order chi connectivity index (χ0) is 14.0. The molecule has 0 heterocycles. The van der Waals surface area contributed by atoms with Crippen LogP contribution >= 0.6 is 0 Å². The molecular weight excluding hydrogens is 254 g/mol. The van der Waals surface area contributed by atoms with Gasteiger partial charge in [-0.1, -0.05) is 18.2 Å². The van der Waals surface area contributed by atoms with Gasteiger partial charge in [-0.3, -0.25) is 0 Å². The van der Waals surface area contributed by atoms with Crippen molar-refractivity contribution >= 4 is 11.4 Å². The minimum absolute atomic E-state index is 0.146. The van der Waals surface area contributed by atoms with Crippen LogP contribution in [0.3, 0.4) is 0 Å².